The molecular weight excluding hydrogens is 791 g/mol. The van der Waals surface area contributed by atoms with Crippen LogP contribution in [0.3, 0.4) is 0 Å². The van der Waals surface area contributed by atoms with Crippen molar-refractivity contribution in [2.24, 2.45) is 0 Å². The quantitative estimate of drug-likeness (QED) is 0.148. The zero-order valence-corrected chi connectivity index (χ0v) is 36.0. The fourth-order valence-corrected chi connectivity index (χ4v) is 16.7. The van der Waals surface area contributed by atoms with Crippen LogP contribution in [0.4, 0.5) is 51.2 Å². The molecule has 0 radical (unpaired) electrons. The molecule has 0 N–H and O–H groups in total. The molecule has 0 amide bonds. The number of benzene rings is 10. The molecule has 3 aliphatic heterocycles. The summed E-state index contributed by atoms with van der Waals surface area (Å²) < 4.78 is 0. The van der Waals surface area contributed by atoms with Crippen molar-refractivity contribution in [3.05, 3.63) is 249 Å². The first kappa shape index (κ1) is 36.5. The number of nitrogens with zero attached hydrogens (tertiary/aromatic N) is 3. The third-order valence-electron chi connectivity index (χ3n) is 13.5. The molecular formula is C60H41N3Si. The van der Waals surface area contributed by atoms with Gasteiger partial charge in [-0.3, -0.25) is 0 Å². The lowest BCUT2D eigenvalue weighted by molar-refractivity contribution is 1.21. The molecule has 64 heavy (non-hydrogen) atoms. The highest BCUT2D eigenvalue weighted by Gasteiger charge is 2.59. The van der Waals surface area contributed by atoms with Gasteiger partial charge in [-0.05, 0) is 111 Å². The second-order valence-corrected chi connectivity index (χ2v) is 20.5. The molecule has 300 valence electrons. The van der Waals surface area contributed by atoms with E-state index in [1.807, 2.05) is 0 Å². The molecule has 4 heteroatoms. The van der Waals surface area contributed by atoms with Crippen molar-refractivity contribution >= 4 is 80.0 Å². The van der Waals surface area contributed by atoms with E-state index in [0.29, 0.717) is 0 Å². The Kier molecular flexibility index (Phi) is 8.23. The van der Waals surface area contributed by atoms with Crippen LogP contribution in [0.15, 0.2) is 249 Å². The van der Waals surface area contributed by atoms with E-state index in [1.165, 1.54) is 88.3 Å². The summed E-state index contributed by atoms with van der Waals surface area (Å²) in [5.41, 5.74) is 18.1. The fraction of sp³-hybridized carbons (Fsp3) is 0. The lowest BCUT2D eigenvalue weighted by atomic mass is 10.0. The van der Waals surface area contributed by atoms with Crippen LogP contribution in [0.25, 0.3) is 33.4 Å². The van der Waals surface area contributed by atoms with Crippen molar-refractivity contribution < 1.29 is 0 Å². The third-order valence-corrected chi connectivity index (χ3v) is 18.5. The molecule has 0 aromatic heterocycles. The summed E-state index contributed by atoms with van der Waals surface area (Å²) in [6, 6.07) is 92.1. The number of hydrogen-bond donors (Lipinski definition) is 0. The molecule has 3 aliphatic rings. The van der Waals surface area contributed by atoms with Gasteiger partial charge in [0.15, 0.2) is 8.07 Å². The van der Waals surface area contributed by atoms with Gasteiger partial charge < -0.3 is 14.7 Å². The second-order valence-electron chi connectivity index (χ2n) is 16.9. The second kappa shape index (κ2) is 14.5. The molecule has 0 spiro atoms. The summed E-state index contributed by atoms with van der Waals surface area (Å²) >= 11 is 0. The Balaban J connectivity index is 1.11. The maximum Gasteiger partial charge on any atom is 0.194 e. The molecule has 10 aromatic carbocycles. The number of hydrogen-bond acceptors (Lipinski definition) is 3. The van der Waals surface area contributed by atoms with E-state index in [1.54, 1.807) is 0 Å². The zero-order chi connectivity index (χ0) is 42.2. The minimum absolute atomic E-state index is 1.14. The van der Waals surface area contributed by atoms with Gasteiger partial charge in [0.05, 0.1) is 0 Å². The van der Waals surface area contributed by atoms with Gasteiger partial charge in [-0.15, -0.1) is 0 Å². The molecule has 3 heterocycles. The monoisotopic (exact) mass is 831 g/mol. The summed E-state index contributed by atoms with van der Waals surface area (Å²) in [4.78, 5) is 7.65. The maximum absolute atomic E-state index is 3.07. The minimum atomic E-state index is -3.07. The third kappa shape index (κ3) is 5.33. The van der Waals surface area contributed by atoms with Gasteiger partial charge in [-0.1, -0.05) is 176 Å². The average molecular weight is 832 g/mol. The molecule has 0 unspecified atom stereocenters. The van der Waals surface area contributed by atoms with Gasteiger partial charge >= 0.3 is 0 Å². The van der Waals surface area contributed by atoms with Crippen molar-refractivity contribution in [1.82, 2.24) is 0 Å². The molecule has 0 saturated heterocycles. The molecule has 3 nitrogen and oxygen atoms in total. The Hall–Kier alpha value is -8.18. The predicted octanol–water partition coefficient (Wildman–Crippen LogP) is 13.4. The Morgan fingerprint density at radius 2 is 0.438 bits per heavy atom. The van der Waals surface area contributed by atoms with E-state index in [4.69, 9.17) is 0 Å². The lowest BCUT2D eigenvalue weighted by Crippen LogP contribution is -2.81. The predicted molar refractivity (Wildman–Crippen MR) is 271 cm³/mol. The molecule has 0 saturated carbocycles. The fourth-order valence-electron chi connectivity index (χ4n) is 10.9. The first-order valence-electron chi connectivity index (χ1n) is 22.1. The Morgan fingerprint density at radius 3 is 0.703 bits per heavy atom. The van der Waals surface area contributed by atoms with Crippen LogP contribution in [0.2, 0.25) is 0 Å². The molecule has 13 rings (SSSR count). The first-order chi connectivity index (χ1) is 31.8. The minimum Gasteiger partial charge on any atom is -0.310 e. The highest BCUT2D eigenvalue weighted by molar-refractivity contribution is 7.24. The van der Waals surface area contributed by atoms with Crippen LogP contribution in [0.1, 0.15) is 0 Å². The highest BCUT2D eigenvalue weighted by atomic mass is 28.3. The van der Waals surface area contributed by atoms with Gasteiger partial charge in [-0.25, -0.2) is 0 Å². The van der Waals surface area contributed by atoms with E-state index < -0.39 is 8.07 Å². The van der Waals surface area contributed by atoms with Crippen LogP contribution in [-0.4, -0.2) is 8.07 Å². The van der Waals surface area contributed by atoms with Crippen LogP contribution in [0, 0.1) is 0 Å². The zero-order valence-electron chi connectivity index (χ0n) is 35.0. The molecule has 0 aliphatic carbocycles. The Bertz CT molecular complexity index is 2960. The summed E-state index contributed by atoms with van der Waals surface area (Å²) in [6.45, 7) is 0. The van der Waals surface area contributed by atoms with Gasteiger partial charge in [0, 0.05) is 66.7 Å². The largest absolute Gasteiger partial charge is 0.310 e. The Labute approximate surface area is 375 Å². The molecule has 10 aromatic rings. The van der Waals surface area contributed by atoms with E-state index in [0.717, 1.165) is 17.1 Å². The van der Waals surface area contributed by atoms with Crippen molar-refractivity contribution in [3.63, 3.8) is 0 Å². The van der Waals surface area contributed by atoms with Gasteiger partial charge in [0.1, 0.15) is 0 Å². The first-order valence-corrected chi connectivity index (χ1v) is 24.1. The standard InChI is InChI=1S/C60H41N3Si/c1-5-16-42(17-6-1)45-30-36-48(37-31-45)61-52-24-13-26-54-58(52)64(51-22-11-4-12-23-51)59-53(61)25-14-27-55(59)63(50-40-34-47(35-41-50)44-20-9-3-10-21-44)57-29-15-28-56(60(57)64)62(54)49-38-32-46(33-39-49)43-18-7-2-8-19-43/h1-41H. The Morgan fingerprint density at radius 1 is 0.203 bits per heavy atom. The summed E-state index contributed by atoms with van der Waals surface area (Å²) in [5.74, 6) is 0. The van der Waals surface area contributed by atoms with E-state index in [2.05, 4.69) is 263 Å². The van der Waals surface area contributed by atoms with Crippen molar-refractivity contribution in [1.29, 1.82) is 0 Å². The summed E-state index contributed by atoms with van der Waals surface area (Å²) in [5, 5.41) is 5.64. The number of rotatable bonds is 7. The summed E-state index contributed by atoms with van der Waals surface area (Å²) in [6.07, 6.45) is 0. The van der Waals surface area contributed by atoms with Crippen molar-refractivity contribution in [3.8, 4) is 33.4 Å². The smallest absolute Gasteiger partial charge is 0.194 e. The van der Waals surface area contributed by atoms with E-state index >= 15 is 0 Å². The maximum atomic E-state index is 2.55. The van der Waals surface area contributed by atoms with Crippen molar-refractivity contribution in [2.75, 3.05) is 14.7 Å². The SMILES string of the molecule is c1ccc(-c2ccc(N3c4cccc5c4[Si]4(c6ccccc6)c6c3cccc6N(c3ccc(-c6ccccc6)cc3)c3cccc(c34)N5c3ccc(-c4ccccc4)cc3)cc2)cc1. The van der Waals surface area contributed by atoms with E-state index in [9.17, 15) is 0 Å². The van der Waals surface area contributed by atoms with Crippen LogP contribution >= 0.6 is 0 Å². The molecule has 0 atom stereocenters. The van der Waals surface area contributed by atoms with Gasteiger partial charge in [-0.2, -0.15) is 0 Å². The van der Waals surface area contributed by atoms with Crippen LogP contribution < -0.4 is 35.4 Å². The van der Waals surface area contributed by atoms with Crippen LogP contribution in [0.5, 0.6) is 0 Å². The number of anilines is 9. The van der Waals surface area contributed by atoms with E-state index in [-0.39, 0.29) is 0 Å². The van der Waals surface area contributed by atoms with Gasteiger partial charge in [0.2, 0.25) is 0 Å². The molecule has 0 fully saturated rings. The lowest BCUT2D eigenvalue weighted by Gasteiger charge is -2.55. The van der Waals surface area contributed by atoms with Crippen molar-refractivity contribution in [2.45, 2.75) is 0 Å². The highest BCUT2D eigenvalue weighted by Crippen LogP contribution is 2.52. The van der Waals surface area contributed by atoms with Gasteiger partial charge in [0.25, 0.3) is 0 Å². The molecule has 0 bridgehead atoms. The normalized spacial score (nSPS) is 13.7. The topological polar surface area (TPSA) is 9.72 Å². The average Bonchev–Trinajstić information content (AvgIpc) is 3.38. The van der Waals surface area contributed by atoms with Crippen LogP contribution in [-0.2, 0) is 0 Å². The summed E-state index contributed by atoms with van der Waals surface area (Å²) in [7, 11) is -3.07.